The van der Waals surface area contributed by atoms with Crippen LogP contribution in [-0.4, -0.2) is 40.8 Å². The summed E-state index contributed by atoms with van der Waals surface area (Å²) in [7, 11) is 1.63. The van der Waals surface area contributed by atoms with Crippen LogP contribution in [-0.2, 0) is 27.2 Å². The van der Waals surface area contributed by atoms with E-state index in [9.17, 15) is 14.7 Å². The highest BCUT2D eigenvalue weighted by molar-refractivity contribution is 5.70. The largest absolute Gasteiger partial charge is 0.508 e. The van der Waals surface area contributed by atoms with Crippen molar-refractivity contribution in [3.8, 4) is 5.75 Å². The van der Waals surface area contributed by atoms with Crippen LogP contribution < -0.4 is 0 Å². The lowest BCUT2D eigenvalue weighted by Crippen LogP contribution is -2.29. The van der Waals surface area contributed by atoms with Crippen molar-refractivity contribution in [2.45, 2.75) is 65.7 Å². The molecular formula is C19H29NO5. The van der Waals surface area contributed by atoms with E-state index in [0.717, 1.165) is 11.1 Å². The molecule has 0 unspecified atom stereocenters. The summed E-state index contributed by atoms with van der Waals surface area (Å²) in [6.45, 7) is 9.33. The number of phenolic OH excluding ortho intramolecular Hbond substituents is 1. The fourth-order valence-electron chi connectivity index (χ4n) is 2.24. The van der Waals surface area contributed by atoms with E-state index >= 15 is 0 Å². The molecule has 1 aromatic rings. The average Bonchev–Trinajstić information content (AvgIpc) is 2.43. The van der Waals surface area contributed by atoms with Crippen LogP contribution in [0.2, 0.25) is 0 Å². The fraction of sp³-hybridized carbons (Fsp3) is 0.579. The molecule has 1 rings (SSSR count). The highest BCUT2D eigenvalue weighted by Crippen LogP contribution is 2.21. The lowest BCUT2D eigenvalue weighted by molar-refractivity contribution is -0.154. The Morgan fingerprint density at radius 1 is 1.20 bits per heavy atom. The lowest BCUT2D eigenvalue weighted by Gasteiger charge is -2.21. The van der Waals surface area contributed by atoms with Crippen molar-refractivity contribution in [2.75, 3.05) is 7.05 Å². The molecule has 6 heteroatoms. The Labute approximate surface area is 149 Å². The highest BCUT2D eigenvalue weighted by atomic mass is 16.6. The van der Waals surface area contributed by atoms with E-state index in [0.29, 0.717) is 6.42 Å². The summed E-state index contributed by atoms with van der Waals surface area (Å²) in [6, 6.07) is 4.93. The minimum Gasteiger partial charge on any atom is -0.508 e. The van der Waals surface area contributed by atoms with Gasteiger partial charge in [-0.05, 0) is 64.3 Å². The molecule has 25 heavy (non-hydrogen) atoms. The van der Waals surface area contributed by atoms with Crippen LogP contribution in [0, 0.1) is 0 Å². The molecule has 0 atom stereocenters. The number of aromatic hydroxyl groups is 1. The molecule has 0 saturated carbocycles. The molecular weight excluding hydrogens is 322 g/mol. The molecule has 0 radical (unpaired) electrons. The molecule has 0 saturated heterocycles. The van der Waals surface area contributed by atoms with Crippen LogP contribution in [0.3, 0.4) is 0 Å². The summed E-state index contributed by atoms with van der Waals surface area (Å²) in [5.74, 6) is -0.166. The van der Waals surface area contributed by atoms with Gasteiger partial charge in [0.05, 0.1) is 6.10 Å². The average molecular weight is 351 g/mol. The predicted octanol–water partition coefficient (Wildman–Crippen LogP) is 3.64. The van der Waals surface area contributed by atoms with E-state index in [1.807, 2.05) is 20.8 Å². The van der Waals surface area contributed by atoms with Crippen molar-refractivity contribution >= 4 is 12.1 Å². The zero-order valence-electron chi connectivity index (χ0n) is 16.0. The number of hydrogen-bond acceptors (Lipinski definition) is 5. The first-order valence-electron chi connectivity index (χ1n) is 8.42. The molecule has 0 fully saturated rings. The number of ether oxygens (including phenoxy) is 2. The van der Waals surface area contributed by atoms with Crippen LogP contribution in [0.5, 0.6) is 5.75 Å². The fourth-order valence-corrected chi connectivity index (χ4v) is 2.24. The maximum atomic E-state index is 11.9. The molecule has 0 bridgehead atoms. The van der Waals surface area contributed by atoms with Gasteiger partial charge in [0.1, 0.15) is 11.4 Å². The van der Waals surface area contributed by atoms with Gasteiger partial charge < -0.3 is 19.5 Å². The van der Waals surface area contributed by atoms with Crippen LogP contribution in [0.25, 0.3) is 0 Å². The van der Waals surface area contributed by atoms with Gasteiger partial charge in [0.15, 0.2) is 0 Å². The third-order valence-electron chi connectivity index (χ3n) is 3.26. The zero-order chi connectivity index (χ0) is 19.2. The maximum Gasteiger partial charge on any atom is 0.410 e. The number of nitrogens with zero attached hydrogens (tertiary/aromatic N) is 1. The summed E-state index contributed by atoms with van der Waals surface area (Å²) < 4.78 is 10.5. The predicted molar refractivity (Wildman–Crippen MR) is 95.4 cm³/mol. The van der Waals surface area contributed by atoms with E-state index < -0.39 is 11.7 Å². The van der Waals surface area contributed by atoms with E-state index in [1.165, 1.54) is 4.90 Å². The Morgan fingerprint density at radius 2 is 1.84 bits per heavy atom. The van der Waals surface area contributed by atoms with Crippen molar-refractivity contribution < 1.29 is 24.2 Å². The highest BCUT2D eigenvalue weighted by Gasteiger charge is 2.18. The molecule has 0 aliphatic rings. The summed E-state index contributed by atoms with van der Waals surface area (Å²) in [5, 5.41) is 9.74. The molecule has 0 aliphatic heterocycles. The number of esters is 1. The first-order chi connectivity index (χ1) is 11.5. The minimum absolute atomic E-state index is 0.113. The third-order valence-corrected chi connectivity index (χ3v) is 3.26. The molecule has 1 N–H and O–H groups in total. The molecule has 6 nitrogen and oxygen atoms in total. The second kappa shape index (κ2) is 8.74. The van der Waals surface area contributed by atoms with Gasteiger partial charge >= 0.3 is 12.1 Å². The van der Waals surface area contributed by atoms with Crippen molar-refractivity contribution in [3.05, 3.63) is 29.3 Å². The SMILES string of the molecule is CC(C)OC(=O)N(C)Cc1cc(O)ccc1CCC(=O)OC(C)(C)C. The standard InChI is InChI=1S/C19H29NO5/c1-13(2)24-18(23)20(6)12-15-11-16(21)9-7-14(15)8-10-17(22)25-19(3,4)5/h7,9,11,13,21H,8,10,12H2,1-6H3. The van der Waals surface area contributed by atoms with Crippen molar-refractivity contribution in [1.82, 2.24) is 4.90 Å². The number of carbonyl (C=O) groups is 2. The van der Waals surface area contributed by atoms with Gasteiger partial charge in [-0.2, -0.15) is 0 Å². The summed E-state index contributed by atoms with van der Waals surface area (Å²) in [6.07, 6.45) is 0.0643. The molecule has 0 aromatic heterocycles. The Hall–Kier alpha value is -2.24. The van der Waals surface area contributed by atoms with Gasteiger partial charge in [0.2, 0.25) is 0 Å². The molecule has 0 spiro atoms. The Morgan fingerprint density at radius 3 is 2.40 bits per heavy atom. The smallest absolute Gasteiger partial charge is 0.410 e. The Bertz CT molecular complexity index is 604. The second-order valence-corrected chi connectivity index (χ2v) is 7.33. The van der Waals surface area contributed by atoms with Crippen molar-refractivity contribution in [3.63, 3.8) is 0 Å². The minimum atomic E-state index is -0.518. The lowest BCUT2D eigenvalue weighted by atomic mass is 10.0. The van der Waals surface area contributed by atoms with E-state index in [2.05, 4.69) is 0 Å². The van der Waals surface area contributed by atoms with E-state index in [1.54, 1.807) is 39.1 Å². The molecule has 0 aliphatic carbocycles. The number of amides is 1. The van der Waals surface area contributed by atoms with Gasteiger partial charge in [-0.15, -0.1) is 0 Å². The van der Waals surface area contributed by atoms with Crippen LogP contribution in [0.15, 0.2) is 18.2 Å². The topological polar surface area (TPSA) is 76.1 Å². The summed E-state index contributed by atoms with van der Waals surface area (Å²) in [4.78, 5) is 25.3. The molecule has 140 valence electrons. The van der Waals surface area contributed by atoms with Crippen molar-refractivity contribution in [1.29, 1.82) is 0 Å². The number of hydrogen-bond donors (Lipinski definition) is 1. The molecule has 1 amide bonds. The number of aryl methyl sites for hydroxylation is 1. The monoisotopic (exact) mass is 351 g/mol. The normalized spacial score (nSPS) is 11.3. The number of rotatable bonds is 6. The number of carbonyl (C=O) groups excluding carboxylic acids is 2. The molecule has 0 heterocycles. The van der Waals surface area contributed by atoms with Crippen LogP contribution >= 0.6 is 0 Å². The third kappa shape index (κ3) is 7.92. The first-order valence-corrected chi connectivity index (χ1v) is 8.42. The van der Waals surface area contributed by atoms with Gasteiger partial charge in [-0.1, -0.05) is 6.07 Å². The van der Waals surface area contributed by atoms with Gasteiger partial charge in [0.25, 0.3) is 0 Å². The maximum absolute atomic E-state index is 11.9. The van der Waals surface area contributed by atoms with Crippen LogP contribution in [0.1, 0.15) is 52.2 Å². The van der Waals surface area contributed by atoms with Gasteiger partial charge in [-0.3, -0.25) is 4.79 Å². The van der Waals surface area contributed by atoms with Crippen molar-refractivity contribution in [2.24, 2.45) is 0 Å². The van der Waals surface area contributed by atoms with E-state index in [4.69, 9.17) is 9.47 Å². The Balaban J connectivity index is 2.78. The number of phenols is 1. The Kier molecular flexibility index (Phi) is 7.27. The quantitative estimate of drug-likeness (QED) is 0.792. The summed E-state index contributed by atoms with van der Waals surface area (Å²) in [5.41, 5.74) is 1.13. The zero-order valence-corrected chi connectivity index (χ0v) is 16.0. The summed E-state index contributed by atoms with van der Waals surface area (Å²) >= 11 is 0. The molecule has 1 aromatic carbocycles. The van der Waals surface area contributed by atoms with E-state index in [-0.39, 0.29) is 30.8 Å². The van der Waals surface area contributed by atoms with Gasteiger partial charge in [0, 0.05) is 20.0 Å². The number of benzene rings is 1. The van der Waals surface area contributed by atoms with Crippen LogP contribution in [0.4, 0.5) is 4.79 Å². The second-order valence-electron chi connectivity index (χ2n) is 7.33. The van der Waals surface area contributed by atoms with Gasteiger partial charge in [-0.25, -0.2) is 4.79 Å². The first kappa shape index (κ1) is 20.8.